The number of likely N-dealkylation sites (tertiary alicyclic amines) is 1. The Morgan fingerprint density at radius 2 is 2.00 bits per heavy atom. The molecule has 1 aliphatic heterocycles. The molecule has 1 aliphatic rings. The molecule has 6 heteroatoms. The van der Waals surface area contributed by atoms with Crippen LogP contribution in [-0.4, -0.2) is 46.4 Å². The van der Waals surface area contributed by atoms with Gasteiger partial charge in [0, 0.05) is 19.0 Å². The van der Waals surface area contributed by atoms with Crippen molar-refractivity contribution in [2.24, 2.45) is 5.92 Å². The molecular formula is C11H18N2O4. The minimum Gasteiger partial charge on any atom is -0.481 e. The molecule has 17 heavy (non-hydrogen) atoms. The zero-order valence-corrected chi connectivity index (χ0v) is 10.3. The molecule has 0 aromatic rings. The van der Waals surface area contributed by atoms with Crippen LogP contribution >= 0.6 is 0 Å². The molecule has 0 spiro atoms. The molecule has 2 atom stereocenters. The third kappa shape index (κ3) is 3.18. The van der Waals surface area contributed by atoms with Crippen molar-refractivity contribution >= 4 is 17.8 Å². The van der Waals surface area contributed by atoms with Crippen LogP contribution in [-0.2, 0) is 14.4 Å². The van der Waals surface area contributed by atoms with Gasteiger partial charge in [-0.15, -0.1) is 0 Å². The second kappa shape index (κ2) is 5.16. The van der Waals surface area contributed by atoms with Crippen molar-refractivity contribution in [1.29, 1.82) is 0 Å². The van der Waals surface area contributed by atoms with Gasteiger partial charge in [0.2, 0.25) is 11.8 Å². The van der Waals surface area contributed by atoms with Crippen molar-refractivity contribution in [2.75, 3.05) is 6.54 Å². The fourth-order valence-electron chi connectivity index (χ4n) is 1.82. The van der Waals surface area contributed by atoms with Crippen molar-refractivity contribution in [1.82, 2.24) is 10.2 Å². The lowest BCUT2D eigenvalue weighted by molar-refractivity contribution is -0.141. The van der Waals surface area contributed by atoms with Gasteiger partial charge in [-0.2, -0.15) is 0 Å². The van der Waals surface area contributed by atoms with E-state index < -0.39 is 17.9 Å². The highest BCUT2D eigenvalue weighted by Gasteiger charge is 2.38. The first-order valence-electron chi connectivity index (χ1n) is 5.65. The van der Waals surface area contributed by atoms with Crippen molar-refractivity contribution in [3.05, 3.63) is 0 Å². The number of carboxylic acids is 1. The molecule has 0 saturated carbocycles. The van der Waals surface area contributed by atoms with Crippen LogP contribution in [0.15, 0.2) is 0 Å². The van der Waals surface area contributed by atoms with Crippen LogP contribution in [0.25, 0.3) is 0 Å². The Morgan fingerprint density at radius 1 is 1.41 bits per heavy atom. The molecule has 0 aromatic carbocycles. The molecule has 0 aromatic heterocycles. The van der Waals surface area contributed by atoms with Crippen LogP contribution in [0.3, 0.4) is 0 Å². The van der Waals surface area contributed by atoms with Crippen LogP contribution in [0.5, 0.6) is 0 Å². The van der Waals surface area contributed by atoms with E-state index in [9.17, 15) is 14.4 Å². The maximum Gasteiger partial charge on any atom is 0.308 e. The van der Waals surface area contributed by atoms with E-state index in [1.54, 1.807) is 6.92 Å². The van der Waals surface area contributed by atoms with Gasteiger partial charge in [-0.3, -0.25) is 14.4 Å². The van der Waals surface area contributed by atoms with Gasteiger partial charge in [-0.05, 0) is 20.8 Å². The molecule has 1 heterocycles. The fraction of sp³-hybridized carbons (Fsp3) is 0.727. The lowest BCUT2D eigenvalue weighted by Crippen LogP contribution is -2.47. The summed E-state index contributed by atoms with van der Waals surface area (Å²) in [4.78, 5) is 35.4. The first kappa shape index (κ1) is 13.5. The lowest BCUT2D eigenvalue weighted by atomic mass is 10.1. The second-order valence-corrected chi connectivity index (χ2v) is 4.62. The van der Waals surface area contributed by atoms with Gasteiger partial charge in [-0.1, -0.05) is 0 Å². The summed E-state index contributed by atoms with van der Waals surface area (Å²) >= 11 is 0. The normalized spacial score (nSPS) is 21.8. The minimum atomic E-state index is -0.989. The van der Waals surface area contributed by atoms with Gasteiger partial charge in [0.15, 0.2) is 0 Å². The number of carbonyl (C=O) groups is 3. The summed E-state index contributed by atoms with van der Waals surface area (Å²) in [6, 6.07) is -0.618. The van der Waals surface area contributed by atoms with Crippen molar-refractivity contribution in [3.8, 4) is 0 Å². The van der Waals surface area contributed by atoms with Gasteiger partial charge in [0.1, 0.15) is 6.04 Å². The smallest absolute Gasteiger partial charge is 0.308 e. The number of hydrogen-bond acceptors (Lipinski definition) is 3. The molecule has 2 amide bonds. The molecule has 96 valence electrons. The van der Waals surface area contributed by atoms with E-state index in [-0.39, 0.29) is 30.8 Å². The Hall–Kier alpha value is -1.59. The Balaban J connectivity index is 2.64. The third-order valence-electron chi connectivity index (χ3n) is 2.79. The first-order valence-corrected chi connectivity index (χ1v) is 5.65. The predicted molar refractivity (Wildman–Crippen MR) is 60.2 cm³/mol. The van der Waals surface area contributed by atoms with Gasteiger partial charge in [-0.25, -0.2) is 0 Å². The Bertz CT molecular complexity index is 340. The number of amides is 2. The summed E-state index contributed by atoms with van der Waals surface area (Å²) < 4.78 is 0. The lowest BCUT2D eigenvalue weighted by Gasteiger charge is -2.24. The first-order chi connectivity index (χ1) is 7.82. The molecule has 0 aliphatic carbocycles. The molecule has 0 radical (unpaired) electrons. The number of nitrogens with zero attached hydrogens (tertiary/aromatic N) is 1. The highest BCUT2D eigenvalue weighted by Crippen LogP contribution is 2.20. The average molecular weight is 242 g/mol. The third-order valence-corrected chi connectivity index (χ3v) is 2.79. The summed E-state index contributed by atoms with van der Waals surface area (Å²) in [7, 11) is 0. The number of rotatable bonds is 4. The van der Waals surface area contributed by atoms with E-state index >= 15 is 0 Å². The number of aliphatic carboxylic acids is 1. The maximum absolute atomic E-state index is 11.7. The summed E-state index contributed by atoms with van der Waals surface area (Å²) in [5.41, 5.74) is 0. The molecule has 0 bridgehead atoms. The van der Waals surface area contributed by atoms with E-state index in [0.717, 1.165) is 0 Å². The number of nitrogens with one attached hydrogen (secondary N) is 1. The zero-order valence-electron chi connectivity index (χ0n) is 10.3. The maximum atomic E-state index is 11.7. The summed E-state index contributed by atoms with van der Waals surface area (Å²) in [5, 5.41) is 11.5. The van der Waals surface area contributed by atoms with E-state index in [1.807, 2.05) is 13.8 Å². The molecule has 6 nitrogen and oxygen atoms in total. The Labute approximate surface area is 100.0 Å². The number of carboxylic acid groups (broad SMARTS) is 1. The quantitative estimate of drug-likeness (QED) is 0.716. The van der Waals surface area contributed by atoms with E-state index in [2.05, 4.69) is 5.32 Å². The van der Waals surface area contributed by atoms with E-state index in [0.29, 0.717) is 0 Å². The minimum absolute atomic E-state index is 0.00192. The Kier molecular flexibility index (Phi) is 4.09. The summed E-state index contributed by atoms with van der Waals surface area (Å²) in [5.74, 6) is -2.21. The Morgan fingerprint density at radius 3 is 2.41 bits per heavy atom. The second-order valence-electron chi connectivity index (χ2n) is 4.62. The molecule has 1 rings (SSSR count). The van der Waals surface area contributed by atoms with Crippen LogP contribution < -0.4 is 5.32 Å². The van der Waals surface area contributed by atoms with Crippen molar-refractivity contribution in [2.45, 2.75) is 39.3 Å². The zero-order chi connectivity index (χ0) is 13.2. The highest BCUT2D eigenvalue weighted by molar-refractivity contribution is 5.91. The number of hydrogen-bond donors (Lipinski definition) is 2. The summed E-state index contributed by atoms with van der Waals surface area (Å²) in [6.45, 7) is 5.38. The van der Waals surface area contributed by atoms with Gasteiger partial charge < -0.3 is 15.3 Å². The van der Waals surface area contributed by atoms with Gasteiger partial charge in [0.25, 0.3) is 0 Å². The topological polar surface area (TPSA) is 86.7 Å². The summed E-state index contributed by atoms with van der Waals surface area (Å²) in [6.07, 6.45) is -0.0192. The van der Waals surface area contributed by atoms with Crippen LogP contribution in [0.4, 0.5) is 0 Å². The SMILES string of the molecule is CC(C)NC(=O)C(C)N1CC(C(=O)O)CC1=O. The molecule has 2 unspecified atom stereocenters. The largest absolute Gasteiger partial charge is 0.481 e. The van der Waals surface area contributed by atoms with E-state index in [4.69, 9.17) is 5.11 Å². The van der Waals surface area contributed by atoms with Gasteiger partial charge >= 0.3 is 5.97 Å². The van der Waals surface area contributed by atoms with Crippen molar-refractivity contribution < 1.29 is 19.5 Å². The standard InChI is InChI=1S/C11H18N2O4/c1-6(2)12-10(15)7(3)13-5-8(11(16)17)4-9(13)14/h6-8H,4-5H2,1-3H3,(H,12,15)(H,16,17). The molecule has 2 N–H and O–H groups in total. The van der Waals surface area contributed by atoms with Crippen molar-refractivity contribution in [3.63, 3.8) is 0 Å². The number of carbonyl (C=O) groups excluding carboxylic acids is 2. The van der Waals surface area contributed by atoms with Crippen LogP contribution in [0.1, 0.15) is 27.2 Å². The molecule has 1 saturated heterocycles. The molecular weight excluding hydrogens is 224 g/mol. The van der Waals surface area contributed by atoms with Gasteiger partial charge in [0.05, 0.1) is 5.92 Å². The monoisotopic (exact) mass is 242 g/mol. The van der Waals surface area contributed by atoms with E-state index in [1.165, 1.54) is 4.90 Å². The predicted octanol–water partition coefficient (Wildman–Crippen LogP) is -0.167. The van der Waals surface area contributed by atoms with Crippen LogP contribution in [0, 0.1) is 5.92 Å². The highest BCUT2D eigenvalue weighted by atomic mass is 16.4. The fourth-order valence-corrected chi connectivity index (χ4v) is 1.82. The molecule has 1 fully saturated rings. The average Bonchev–Trinajstić information content (AvgIpc) is 2.58. The van der Waals surface area contributed by atoms with Crippen LogP contribution in [0.2, 0.25) is 0 Å².